The van der Waals surface area contributed by atoms with Gasteiger partial charge in [0.2, 0.25) is 0 Å². The Kier molecular flexibility index (Phi) is 19.2. The monoisotopic (exact) mass is 397 g/mol. The summed E-state index contributed by atoms with van der Waals surface area (Å²) >= 11 is 0. The lowest BCUT2D eigenvalue weighted by Gasteiger charge is -2.44. The van der Waals surface area contributed by atoms with Gasteiger partial charge in [0, 0.05) is 25.4 Å². The van der Waals surface area contributed by atoms with E-state index in [1.54, 1.807) is 0 Å². The first kappa shape index (κ1) is 27.3. The Labute approximate surface area is 174 Å². The van der Waals surface area contributed by atoms with Gasteiger partial charge < -0.3 is 15.3 Å². The molecule has 0 aliphatic rings. The third-order valence-corrected chi connectivity index (χ3v) is 5.69. The standard InChI is InChI=1S/C24H47NO3/c1-3-16-24(17-4-2,18-10-9-15-23-28)25(19-11-5-7-13-21-26)20-12-6-8-14-22-27/h3-4,26-28H,1-2,5-23H2. The van der Waals surface area contributed by atoms with Crippen molar-refractivity contribution < 1.29 is 15.3 Å². The molecular formula is C24H47NO3. The van der Waals surface area contributed by atoms with E-state index in [1.807, 2.05) is 0 Å². The minimum Gasteiger partial charge on any atom is -0.396 e. The van der Waals surface area contributed by atoms with Crippen LogP contribution in [0.15, 0.2) is 25.3 Å². The molecule has 28 heavy (non-hydrogen) atoms. The summed E-state index contributed by atoms with van der Waals surface area (Å²) in [6.07, 6.45) is 18.8. The number of hydrogen-bond donors (Lipinski definition) is 3. The van der Waals surface area contributed by atoms with Gasteiger partial charge in [0.1, 0.15) is 0 Å². The predicted octanol–water partition coefficient (Wildman–Crippen LogP) is 4.84. The van der Waals surface area contributed by atoms with Gasteiger partial charge in [-0.1, -0.05) is 50.7 Å². The van der Waals surface area contributed by atoms with Crippen LogP contribution in [0.3, 0.4) is 0 Å². The molecule has 0 unspecified atom stereocenters. The molecule has 0 aromatic heterocycles. The van der Waals surface area contributed by atoms with Crippen LogP contribution < -0.4 is 0 Å². The van der Waals surface area contributed by atoms with Crippen molar-refractivity contribution in [3.8, 4) is 0 Å². The van der Waals surface area contributed by atoms with Crippen LogP contribution in [0.1, 0.15) is 89.9 Å². The quantitative estimate of drug-likeness (QED) is 0.181. The van der Waals surface area contributed by atoms with Crippen molar-refractivity contribution in [3.05, 3.63) is 25.3 Å². The molecule has 0 fully saturated rings. The summed E-state index contributed by atoms with van der Waals surface area (Å²) in [6.45, 7) is 11.1. The Balaban J connectivity index is 5.02. The van der Waals surface area contributed by atoms with Gasteiger partial charge in [0.05, 0.1) is 0 Å². The van der Waals surface area contributed by atoms with Gasteiger partial charge in [-0.3, -0.25) is 4.90 Å². The maximum absolute atomic E-state index is 9.11. The van der Waals surface area contributed by atoms with Crippen molar-refractivity contribution in [3.63, 3.8) is 0 Å². The fourth-order valence-corrected chi connectivity index (χ4v) is 4.11. The molecule has 0 aliphatic heterocycles. The van der Waals surface area contributed by atoms with Gasteiger partial charge in [0.15, 0.2) is 0 Å². The van der Waals surface area contributed by atoms with E-state index in [9.17, 15) is 0 Å². The molecule has 3 N–H and O–H groups in total. The highest BCUT2D eigenvalue weighted by atomic mass is 16.3. The lowest BCUT2D eigenvalue weighted by Crippen LogP contribution is -2.49. The lowest BCUT2D eigenvalue weighted by molar-refractivity contribution is 0.0736. The fourth-order valence-electron chi connectivity index (χ4n) is 4.11. The van der Waals surface area contributed by atoms with Crippen LogP contribution in [0.4, 0.5) is 0 Å². The topological polar surface area (TPSA) is 63.9 Å². The second-order valence-corrected chi connectivity index (χ2v) is 8.01. The molecule has 0 aromatic rings. The van der Waals surface area contributed by atoms with E-state index in [0.717, 1.165) is 103 Å². The Morgan fingerprint density at radius 1 is 0.571 bits per heavy atom. The summed E-state index contributed by atoms with van der Waals surface area (Å²) in [5.74, 6) is 0. The van der Waals surface area contributed by atoms with Crippen molar-refractivity contribution in [2.45, 2.75) is 95.4 Å². The second-order valence-electron chi connectivity index (χ2n) is 8.01. The maximum Gasteiger partial charge on any atom is 0.0431 e. The largest absolute Gasteiger partial charge is 0.396 e. The lowest BCUT2D eigenvalue weighted by atomic mass is 9.83. The van der Waals surface area contributed by atoms with Crippen molar-refractivity contribution in [1.82, 2.24) is 4.90 Å². The van der Waals surface area contributed by atoms with Crippen molar-refractivity contribution >= 4 is 0 Å². The maximum atomic E-state index is 9.11. The predicted molar refractivity (Wildman–Crippen MR) is 121 cm³/mol. The van der Waals surface area contributed by atoms with E-state index in [-0.39, 0.29) is 25.4 Å². The van der Waals surface area contributed by atoms with Gasteiger partial charge >= 0.3 is 0 Å². The van der Waals surface area contributed by atoms with Crippen LogP contribution in [0.2, 0.25) is 0 Å². The smallest absolute Gasteiger partial charge is 0.0431 e. The van der Waals surface area contributed by atoms with E-state index in [1.165, 1.54) is 0 Å². The number of aliphatic hydroxyl groups excluding tert-OH is 3. The minimum atomic E-state index is 0.0763. The fraction of sp³-hybridized carbons (Fsp3) is 0.833. The highest BCUT2D eigenvalue weighted by Gasteiger charge is 2.33. The molecule has 166 valence electrons. The van der Waals surface area contributed by atoms with E-state index in [2.05, 4.69) is 30.2 Å². The van der Waals surface area contributed by atoms with Crippen LogP contribution >= 0.6 is 0 Å². The molecule has 0 spiro atoms. The number of nitrogens with zero attached hydrogens (tertiary/aromatic N) is 1. The highest BCUT2D eigenvalue weighted by molar-refractivity contribution is 5.00. The van der Waals surface area contributed by atoms with Crippen LogP contribution in [0.25, 0.3) is 0 Å². The van der Waals surface area contributed by atoms with Crippen LogP contribution in [-0.4, -0.2) is 58.7 Å². The van der Waals surface area contributed by atoms with Gasteiger partial charge in [-0.2, -0.15) is 0 Å². The Hall–Kier alpha value is -0.680. The van der Waals surface area contributed by atoms with Crippen molar-refractivity contribution in [1.29, 1.82) is 0 Å². The summed E-state index contributed by atoms with van der Waals surface area (Å²) in [5.41, 5.74) is 0.0763. The van der Waals surface area contributed by atoms with Crippen molar-refractivity contribution in [2.75, 3.05) is 32.9 Å². The molecule has 4 nitrogen and oxygen atoms in total. The third-order valence-electron chi connectivity index (χ3n) is 5.69. The zero-order valence-corrected chi connectivity index (χ0v) is 18.3. The SMILES string of the molecule is C=CCC(CC=C)(CCCCCO)N(CCCCCCO)CCCCCCO. The summed E-state index contributed by atoms with van der Waals surface area (Å²) in [6, 6.07) is 0. The molecule has 0 aromatic carbocycles. The minimum absolute atomic E-state index is 0.0763. The first-order valence-corrected chi connectivity index (χ1v) is 11.5. The van der Waals surface area contributed by atoms with Gasteiger partial charge in [-0.25, -0.2) is 0 Å². The van der Waals surface area contributed by atoms with E-state index >= 15 is 0 Å². The molecule has 0 radical (unpaired) electrons. The number of rotatable bonds is 22. The highest BCUT2D eigenvalue weighted by Crippen LogP contribution is 2.32. The molecule has 4 heteroatoms. The van der Waals surface area contributed by atoms with Crippen LogP contribution in [0, 0.1) is 0 Å². The normalized spacial score (nSPS) is 11.9. The molecule has 0 saturated heterocycles. The Morgan fingerprint density at radius 2 is 0.964 bits per heavy atom. The zero-order valence-electron chi connectivity index (χ0n) is 18.3. The molecule has 0 atom stereocenters. The molecule has 0 rings (SSSR count). The van der Waals surface area contributed by atoms with E-state index in [0.29, 0.717) is 0 Å². The van der Waals surface area contributed by atoms with Gasteiger partial charge in [0.25, 0.3) is 0 Å². The number of hydrogen-bond acceptors (Lipinski definition) is 4. The summed E-state index contributed by atoms with van der Waals surface area (Å²) in [5, 5.41) is 27.1. The second kappa shape index (κ2) is 19.6. The van der Waals surface area contributed by atoms with Crippen molar-refractivity contribution in [2.24, 2.45) is 0 Å². The first-order chi connectivity index (χ1) is 13.7. The first-order valence-electron chi connectivity index (χ1n) is 11.5. The number of unbranched alkanes of at least 4 members (excludes halogenated alkanes) is 8. The molecule has 0 heterocycles. The third kappa shape index (κ3) is 12.7. The number of aliphatic hydroxyl groups is 3. The Morgan fingerprint density at radius 3 is 1.36 bits per heavy atom. The van der Waals surface area contributed by atoms with Crippen LogP contribution in [0.5, 0.6) is 0 Å². The van der Waals surface area contributed by atoms with E-state index in [4.69, 9.17) is 15.3 Å². The van der Waals surface area contributed by atoms with E-state index < -0.39 is 0 Å². The van der Waals surface area contributed by atoms with Crippen LogP contribution in [-0.2, 0) is 0 Å². The molecule has 0 amide bonds. The molecule has 0 aliphatic carbocycles. The van der Waals surface area contributed by atoms with Gasteiger partial charge in [-0.15, -0.1) is 13.2 Å². The summed E-state index contributed by atoms with van der Waals surface area (Å²) in [7, 11) is 0. The summed E-state index contributed by atoms with van der Waals surface area (Å²) in [4.78, 5) is 2.67. The molecule has 0 saturated carbocycles. The average Bonchev–Trinajstić information content (AvgIpc) is 2.69. The summed E-state index contributed by atoms with van der Waals surface area (Å²) < 4.78 is 0. The molecule has 0 bridgehead atoms. The van der Waals surface area contributed by atoms with Gasteiger partial charge in [-0.05, 0) is 64.5 Å². The molecular weight excluding hydrogens is 350 g/mol. The average molecular weight is 398 g/mol. The zero-order chi connectivity index (χ0) is 20.9. The Bertz CT molecular complexity index is 336.